The quantitative estimate of drug-likeness (QED) is 0.585. The van der Waals surface area contributed by atoms with Crippen LogP contribution in [0.5, 0.6) is 0 Å². The zero-order valence-corrected chi connectivity index (χ0v) is 10.4. The van der Waals surface area contributed by atoms with Crippen LogP contribution in [0.3, 0.4) is 0 Å². The van der Waals surface area contributed by atoms with E-state index in [9.17, 15) is 0 Å². The van der Waals surface area contributed by atoms with Gasteiger partial charge in [0, 0.05) is 5.54 Å². The highest BCUT2D eigenvalue weighted by Gasteiger charge is 2.44. The van der Waals surface area contributed by atoms with E-state index in [0.29, 0.717) is 9.65 Å². The highest BCUT2D eigenvalue weighted by atomic mass is 127. The van der Waals surface area contributed by atoms with Gasteiger partial charge in [-0.25, -0.2) is 0 Å². The maximum atomic E-state index is 5.78. The van der Waals surface area contributed by atoms with Gasteiger partial charge in [-0.2, -0.15) is 0 Å². The van der Waals surface area contributed by atoms with E-state index < -0.39 is 0 Å². The van der Waals surface area contributed by atoms with Crippen molar-refractivity contribution in [1.82, 2.24) is 4.90 Å². The van der Waals surface area contributed by atoms with Gasteiger partial charge in [0.15, 0.2) is 0 Å². The third-order valence-electron chi connectivity index (χ3n) is 3.39. The molecule has 2 saturated heterocycles. The number of hydrogen-bond donors (Lipinski definition) is 0. The molecule has 0 bridgehead atoms. The zero-order valence-electron chi connectivity index (χ0n) is 8.26. The Morgan fingerprint density at radius 2 is 2.00 bits per heavy atom. The standard InChI is InChI=1S/C10H18INO/c1-9(11)13-8-10-4-2-6-12(10)7-3-5-10/h9H,2-8H2,1H3/t9-/m0/s1. The van der Waals surface area contributed by atoms with Gasteiger partial charge in [0.2, 0.25) is 0 Å². The number of hydrogen-bond acceptors (Lipinski definition) is 2. The number of halogens is 1. The van der Waals surface area contributed by atoms with Gasteiger partial charge in [0.25, 0.3) is 0 Å². The molecule has 13 heavy (non-hydrogen) atoms. The van der Waals surface area contributed by atoms with E-state index in [1.807, 2.05) is 0 Å². The number of alkyl halides is 1. The molecule has 0 unspecified atom stereocenters. The van der Waals surface area contributed by atoms with Crippen molar-refractivity contribution in [1.29, 1.82) is 0 Å². The molecule has 2 aliphatic rings. The van der Waals surface area contributed by atoms with Crippen LogP contribution in [0, 0.1) is 0 Å². The molecule has 0 spiro atoms. The summed E-state index contributed by atoms with van der Waals surface area (Å²) in [4.78, 5) is 2.64. The van der Waals surface area contributed by atoms with Crippen LogP contribution in [0.25, 0.3) is 0 Å². The predicted molar refractivity (Wildman–Crippen MR) is 62.2 cm³/mol. The molecule has 0 aromatic rings. The summed E-state index contributed by atoms with van der Waals surface area (Å²) in [5, 5.41) is 0. The fourth-order valence-corrected chi connectivity index (χ4v) is 2.91. The van der Waals surface area contributed by atoms with Crippen LogP contribution >= 0.6 is 22.6 Å². The summed E-state index contributed by atoms with van der Waals surface area (Å²) in [5.41, 5.74) is 0.444. The smallest absolute Gasteiger partial charge is 0.106 e. The Morgan fingerprint density at radius 3 is 2.54 bits per heavy atom. The first kappa shape index (κ1) is 10.2. The minimum atomic E-state index is 0.357. The van der Waals surface area contributed by atoms with Crippen molar-refractivity contribution in [2.45, 2.75) is 42.3 Å². The highest BCUT2D eigenvalue weighted by Crippen LogP contribution is 2.39. The molecule has 0 amide bonds. The molecule has 76 valence electrons. The molecule has 2 aliphatic heterocycles. The van der Waals surface area contributed by atoms with Crippen molar-refractivity contribution < 1.29 is 4.74 Å². The lowest BCUT2D eigenvalue weighted by molar-refractivity contribution is 0.0346. The van der Waals surface area contributed by atoms with E-state index in [1.165, 1.54) is 38.8 Å². The fourth-order valence-electron chi connectivity index (χ4n) is 2.73. The summed E-state index contributed by atoms with van der Waals surface area (Å²) >= 11 is 2.34. The largest absolute Gasteiger partial charge is 0.366 e. The molecule has 0 aromatic carbocycles. The first-order chi connectivity index (χ1) is 6.23. The van der Waals surface area contributed by atoms with Crippen molar-refractivity contribution in [3.63, 3.8) is 0 Å². The summed E-state index contributed by atoms with van der Waals surface area (Å²) in [6.45, 7) is 5.68. The Hall–Kier alpha value is 0.650. The molecule has 2 nitrogen and oxygen atoms in total. The van der Waals surface area contributed by atoms with E-state index in [1.54, 1.807) is 0 Å². The zero-order chi connectivity index (χ0) is 9.31. The van der Waals surface area contributed by atoms with Crippen LogP contribution in [0.15, 0.2) is 0 Å². The van der Waals surface area contributed by atoms with E-state index >= 15 is 0 Å². The lowest BCUT2D eigenvalue weighted by atomic mass is 9.95. The molecule has 2 fully saturated rings. The van der Waals surface area contributed by atoms with Crippen molar-refractivity contribution in [2.75, 3.05) is 19.7 Å². The van der Waals surface area contributed by atoms with Gasteiger partial charge in [-0.15, -0.1) is 0 Å². The first-order valence-corrected chi connectivity index (χ1v) is 6.48. The number of rotatable bonds is 3. The Kier molecular flexibility index (Phi) is 3.15. The van der Waals surface area contributed by atoms with Crippen LogP contribution in [0.4, 0.5) is 0 Å². The second-order valence-corrected chi connectivity index (χ2v) is 6.03. The summed E-state index contributed by atoms with van der Waals surface area (Å²) in [6, 6.07) is 0. The fraction of sp³-hybridized carbons (Fsp3) is 1.00. The summed E-state index contributed by atoms with van der Waals surface area (Å²) in [7, 11) is 0. The van der Waals surface area contributed by atoms with Crippen LogP contribution in [0.1, 0.15) is 32.6 Å². The molecular weight excluding hydrogens is 277 g/mol. The molecule has 2 heterocycles. The van der Waals surface area contributed by atoms with E-state index in [2.05, 4.69) is 34.4 Å². The maximum absolute atomic E-state index is 5.78. The molecular formula is C10H18INO. The first-order valence-electron chi connectivity index (χ1n) is 5.24. The lowest BCUT2D eigenvalue weighted by Gasteiger charge is -2.32. The van der Waals surface area contributed by atoms with Gasteiger partial charge in [0.1, 0.15) is 4.11 Å². The Morgan fingerprint density at radius 1 is 1.38 bits per heavy atom. The second-order valence-electron chi connectivity index (χ2n) is 4.27. The van der Waals surface area contributed by atoms with Gasteiger partial charge in [-0.1, -0.05) is 22.6 Å². The topological polar surface area (TPSA) is 12.5 Å². The van der Waals surface area contributed by atoms with Crippen molar-refractivity contribution in [2.24, 2.45) is 0 Å². The normalized spacial score (nSPS) is 29.1. The van der Waals surface area contributed by atoms with E-state index in [-0.39, 0.29) is 0 Å². The maximum Gasteiger partial charge on any atom is 0.106 e. The molecule has 0 aromatic heterocycles. The molecule has 0 aliphatic carbocycles. The van der Waals surface area contributed by atoms with Gasteiger partial charge in [-0.3, -0.25) is 4.90 Å². The van der Waals surface area contributed by atoms with E-state index in [4.69, 9.17) is 4.74 Å². The number of nitrogens with zero attached hydrogens (tertiary/aromatic N) is 1. The molecule has 3 heteroatoms. The SMILES string of the molecule is C[C@@H](I)OCC12CCCN1CCC2. The molecule has 2 rings (SSSR count). The van der Waals surface area contributed by atoms with Gasteiger partial charge < -0.3 is 4.74 Å². The number of ether oxygens (including phenoxy) is 1. The molecule has 0 N–H and O–H groups in total. The average molecular weight is 295 g/mol. The van der Waals surface area contributed by atoms with Crippen LogP contribution in [-0.4, -0.2) is 34.2 Å². The number of fused-ring (bicyclic) bond motifs is 1. The van der Waals surface area contributed by atoms with Gasteiger partial charge >= 0.3 is 0 Å². The monoisotopic (exact) mass is 295 g/mol. The third-order valence-corrected chi connectivity index (χ3v) is 3.75. The molecule has 0 radical (unpaired) electrons. The van der Waals surface area contributed by atoms with Crippen molar-refractivity contribution in [3.05, 3.63) is 0 Å². The van der Waals surface area contributed by atoms with E-state index in [0.717, 1.165) is 6.61 Å². The minimum Gasteiger partial charge on any atom is -0.366 e. The predicted octanol–water partition coefficient (Wildman–Crippen LogP) is 2.41. The van der Waals surface area contributed by atoms with Crippen LogP contribution in [0.2, 0.25) is 0 Å². The molecule has 1 atom stereocenters. The van der Waals surface area contributed by atoms with Gasteiger partial charge in [-0.05, 0) is 45.7 Å². The van der Waals surface area contributed by atoms with Gasteiger partial charge in [0.05, 0.1) is 6.61 Å². The summed E-state index contributed by atoms with van der Waals surface area (Å²) < 4.78 is 6.13. The average Bonchev–Trinajstić information content (AvgIpc) is 2.57. The Balaban J connectivity index is 1.93. The summed E-state index contributed by atoms with van der Waals surface area (Å²) in [6.07, 6.45) is 5.46. The van der Waals surface area contributed by atoms with Crippen molar-refractivity contribution >= 4 is 22.6 Å². The Labute approximate surface area is 94.1 Å². The Bertz CT molecular complexity index is 174. The van der Waals surface area contributed by atoms with Crippen LogP contribution in [-0.2, 0) is 4.74 Å². The lowest BCUT2D eigenvalue weighted by Crippen LogP contribution is -2.42. The third kappa shape index (κ3) is 2.02. The van der Waals surface area contributed by atoms with Crippen LogP contribution < -0.4 is 0 Å². The highest BCUT2D eigenvalue weighted by molar-refractivity contribution is 14.1. The minimum absolute atomic E-state index is 0.357. The second kappa shape index (κ2) is 4.03. The summed E-state index contributed by atoms with van der Waals surface area (Å²) in [5.74, 6) is 0. The van der Waals surface area contributed by atoms with Crippen molar-refractivity contribution in [3.8, 4) is 0 Å². The molecule has 0 saturated carbocycles.